The van der Waals surface area contributed by atoms with Crippen LogP contribution in [-0.4, -0.2) is 24.0 Å². The lowest BCUT2D eigenvalue weighted by Gasteiger charge is -2.15. The number of benzene rings is 2. The van der Waals surface area contributed by atoms with Crippen LogP contribution in [0.1, 0.15) is 10.1 Å². The van der Waals surface area contributed by atoms with Crippen molar-refractivity contribution in [2.75, 3.05) is 23.4 Å². The summed E-state index contributed by atoms with van der Waals surface area (Å²) in [6.07, 6.45) is 0. The van der Waals surface area contributed by atoms with Crippen molar-refractivity contribution < 1.29 is 9.53 Å². The predicted octanol–water partition coefficient (Wildman–Crippen LogP) is 5.49. The first-order chi connectivity index (χ1) is 11.6. The zero-order chi connectivity index (χ0) is 16.9. The lowest BCUT2D eigenvalue weighted by molar-refractivity contribution is -0.118. The Labute approximate surface area is 159 Å². The van der Waals surface area contributed by atoms with Gasteiger partial charge in [-0.2, -0.15) is 0 Å². The van der Waals surface area contributed by atoms with E-state index >= 15 is 0 Å². The largest absolute Gasteiger partial charge is 0.483 e. The number of para-hydroxylation sites is 1. The van der Waals surface area contributed by atoms with Crippen LogP contribution in [0.3, 0.4) is 0 Å². The number of carbonyl (C=O) groups excluding carboxylic acids is 1. The van der Waals surface area contributed by atoms with E-state index in [1.807, 2.05) is 41.7 Å². The first-order valence-electron chi connectivity index (χ1n) is 7.33. The molecule has 3 nitrogen and oxygen atoms in total. The molecule has 0 saturated carbocycles. The Hall–Kier alpha value is -1.01. The number of halogens is 2. The number of rotatable bonds is 5. The SMILES string of the molecule is O=C(COc1ccccc1C1SCCS1)Nc1ccc(Cl)c(Cl)c1. The maximum atomic E-state index is 12.1. The fourth-order valence-corrected chi connectivity index (χ4v) is 5.47. The van der Waals surface area contributed by atoms with Gasteiger partial charge < -0.3 is 10.1 Å². The highest BCUT2D eigenvalue weighted by atomic mass is 35.5. The summed E-state index contributed by atoms with van der Waals surface area (Å²) in [6, 6.07) is 12.8. The van der Waals surface area contributed by atoms with Crippen molar-refractivity contribution in [1.29, 1.82) is 0 Å². The van der Waals surface area contributed by atoms with Gasteiger partial charge in [-0.1, -0.05) is 41.4 Å². The second kappa shape index (κ2) is 8.39. The molecule has 0 aromatic heterocycles. The molecule has 1 aliphatic heterocycles. The molecule has 1 aliphatic rings. The molecule has 0 bridgehead atoms. The molecule has 2 aromatic carbocycles. The summed E-state index contributed by atoms with van der Waals surface area (Å²) in [7, 11) is 0. The molecule has 1 heterocycles. The normalized spacial score (nSPS) is 14.6. The van der Waals surface area contributed by atoms with Gasteiger partial charge in [0.15, 0.2) is 6.61 Å². The first-order valence-corrected chi connectivity index (χ1v) is 10.2. The van der Waals surface area contributed by atoms with Crippen LogP contribution in [0.25, 0.3) is 0 Å². The van der Waals surface area contributed by atoms with Crippen molar-refractivity contribution in [2.24, 2.45) is 0 Å². The van der Waals surface area contributed by atoms with Crippen LogP contribution < -0.4 is 10.1 Å². The number of ether oxygens (including phenoxy) is 1. The monoisotopic (exact) mass is 399 g/mol. The molecule has 1 amide bonds. The number of anilines is 1. The van der Waals surface area contributed by atoms with E-state index in [1.165, 1.54) is 0 Å². The summed E-state index contributed by atoms with van der Waals surface area (Å²) < 4.78 is 6.11. The van der Waals surface area contributed by atoms with E-state index < -0.39 is 0 Å². The van der Waals surface area contributed by atoms with Crippen molar-refractivity contribution in [3.63, 3.8) is 0 Å². The molecule has 1 saturated heterocycles. The van der Waals surface area contributed by atoms with Gasteiger partial charge in [-0.25, -0.2) is 0 Å². The summed E-state index contributed by atoms with van der Waals surface area (Å²) in [6.45, 7) is -0.0562. The molecule has 1 N–H and O–H groups in total. The van der Waals surface area contributed by atoms with Crippen LogP contribution in [-0.2, 0) is 4.79 Å². The highest BCUT2D eigenvalue weighted by Gasteiger charge is 2.21. The second-order valence-corrected chi connectivity index (χ2v) is 8.62. The molecular formula is C17H15Cl2NO2S2. The van der Waals surface area contributed by atoms with Crippen LogP contribution in [0.2, 0.25) is 10.0 Å². The number of amides is 1. The van der Waals surface area contributed by atoms with Gasteiger partial charge in [0.2, 0.25) is 0 Å². The molecule has 0 aliphatic carbocycles. The lowest BCUT2D eigenvalue weighted by Crippen LogP contribution is -2.20. The van der Waals surface area contributed by atoms with Crippen LogP contribution in [0, 0.1) is 0 Å². The van der Waals surface area contributed by atoms with Gasteiger partial charge in [-0.05, 0) is 24.3 Å². The fraction of sp³-hybridized carbons (Fsp3) is 0.235. The number of hydrogen-bond acceptors (Lipinski definition) is 4. The van der Waals surface area contributed by atoms with Crippen LogP contribution in [0.5, 0.6) is 5.75 Å². The van der Waals surface area contributed by atoms with Crippen molar-refractivity contribution >= 4 is 58.3 Å². The van der Waals surface area contributed by atoms with Crippen LogP contribution in [0.4, 0.5) is 5.69 Å². The van der Waals surface area contributed by atoms with Gasteiger partial charge >= 0.3 is 0 Å². The Morgan fingerprint density at radius 3 is 2.62 bits per heavy atom. The molecule has 1 fully saturated rings. The number of nitrogens with one attached hydrogen (secondary N) is 1. The molecule has 0 atom stereocenters. The average Bonchev–Trinajstić information content (AvgIpc) is 3.11. The highest BCUT2D eigenvalue weighted by Crippen LogP contribution is 2.48. The second-order valence-electron chi connectivity index (χ2n) is 5.08. The topological polar surface area (TPSA) is 38.3 Å². The maximum Gasteiger partial charge on any atom is 0.262 e. The minimum atomic E-state index is -0.241. The Balaban J connectivity index is 1.61. The number of thioether (sulfide) groups is 2. The fourth-order valence-electron chi connectivity index (χ4n) is 2.26. The highest BCUT2D eigenvalue weighted by molar-refractivity contribution is 8.19. The first kappa shape index (κ1) is 17.8. The maximum absolute atomic E-state index is 12.1. The zero-order valence-electron chi connectivity index (χ0n) is 12.6. The number of carbonyl (C=O) groups is 1. The van der Waals surface area contributed by atoms with E-state index in [2.05, 4.69) is 11.4 Å². The summed E-state index contributed by atoms with van der Waals surface area (Å²) in [5, 5.41) is 3.60. The minimum Gasteiger partial charge on any atom is -0.483 e. The molecular weight excluding hydrogens is 385 g/mol. The van der Waals surface area contributed by atoms with Crippen LogP contribution in [0.15, 0.2) is 42.5 Å². The van der Waals surface area contributed by atoms with Crippen molar-refractivity contribution in [3.05, 3.63) is 58.1 Å². The predicted molar refractivity (Wildman–Crippen MR) is 105 cm³/mol. The average molecular weight is 400 g/mol. The van der Waals surface area contributed by atoms with Gasteiger partial charge in [0.25, 0.3) is 5.91 Å². The molecule has 0 radical (unpaired) electrons. The standard InChI is InChI=1S/C17H15Cl2NO2S2/c18-13-6-5-11(9-14(13)19)20-16(21)10-22-15-4-2-1-3-12(15)17-23-7-8-24-17/h1-6,9,17H,7-8,10H2,(H,20,21). The van der Waals surface area contributed by atoms with Crippen molar-refractivity contribution in [1.82, 2.24) is 0 Å². The van der Waals surface area contributed by atoms with Crippen molar-refractivity contribution in [3.8, 4) is 5.75 Å². The smallest absolute Gasteiger partial charge is 0.262 e. The van der Waals surface area contributed by atoms with Crippen molar-refractivity contribution in [2.45, 2.75) is 4.58 Å². The molecule has 0 spiro atoms. The van der Waals surface area contributed by atoms with E-state index in [-0.39, 0.29) is 12.5 Å². The third-order valence-corrected chi connectivity index (χ3v) is 7.16. The summed E-state index contributed by atoms with van der Waals surface area (Å²) >= 11 is 15.6. The number of hydrogen-bond donors (Lipinski definition) is 1. The summed E-state index contributed by atoms with van der Waals surface area (Å²) in [4.78, 5) is 12.1. The van der Waals surface area contributed by atoms with Gasteiger partial charge in [-0.15, -0.1) is 23.5 Å². The summed E-state index contributed by atoms with van der Waals surface area (Å²) in [5.74, 6) is 2.80. The van der Waals surface area contributed by atoms with Crippen LogP contribution >= 0.6 is 46.7 Å². The van der Waals surface area contributed by atoms with Gasteiger partial charge in [0.1, 0.15) is 5.75 Å². The zero-order valence-corrected chi connectivity index (χ0v) is 15.8. The van der Waals surface area contributed by atoms with Gasteiger partial charge in [0, 0.05) is 22.8 Å². The van der Waals surface area contributed by atoms with Gasteiger partial charge in [-0.3, -0.25) is 4.79 Å². The van der Waals surface area contributed by atoms with Gasteiger partial charge in [0.05, 0.1) is 14.6 Å². The van der Waals surface area contributed by atoms with E-state index in [0.29, 0.717) is 20.3 Å². The van der Waals surface area contributed by atoms with E-state index in [4.69, 9.17) is 27.9 Å². The summed E-state index contributed by atoms with van der Waals surface area (Å²) in [5.41, 5.74) is 1.72. The third kappa shape index (κ3) is 4.54. The molecule has 7 heteroatoms. The molecule has 2 aromatic rings. The molecule has 24 heavy (non-hydrogen) atoms. The third-order valence-electron chi connectivity index (χ3n) is 3.36. The Morgan fingerprint density at radius 1 is 1.12 bits per heavy atom. The molecule has 0 unspecified atom stereocenters. The quantitative estimate of drug-likeness (QED) is 0.720. The molecule has 126 valence electrons. The van der Waals surface area contributed by atoms with E-state index in [0.717, 1.165) is 22.8 Å². The lowest BCUT2D eigenvalue weighted by atomic mass is 10.2. The Morgan fingerprint density at radius 2 is 1.88 bits per heavy atom. The van der Waals surface area contributed by atoms with E-state index in [1.54, 1.807) is 18.2 Å². The Bertz CT molecular complexity index is 736. The minimum absolute atomic E-state index is 0.0562. The molecule has 3 rings (SSSR count). The van der Waals surface area contributed by atoms with E-state index in [9.17, 15) is 4.79 Å². The Kier molecular flexibility index (Phi) is 6.22.